The number of halogens is 3. The van der Waals surface area contributed by atoms with Crippen molar-refractivity contribution >= 4 is 59.0 Å². The Morgan fingerprint density at radius 1 is 1.17 bits per heavy atom. The van der Waals surface area contributed by atoms with E-state index in [0.717, 1.165) is 55.8 Å². The third-order valence-electron chi connectivity index (χ3n) is 5.07. The zero-order chi connectivity index (χ0) is 20.8. The van der Waals surface area contributed by atoms with Crippen LogP contribution in [0.25, 0.3) is 0 Å². The van der Waals surface area contributed by atoms with E-state index in [9.17, 15) is 0 Å². The SMILES string of the molecule is CCNC(=NCc1cccnc1N1CCN(C)CC1)NCc1cc(Cl)c(Cl)n1C.I. The Balaban J connectivity index is 0.00000320. The van der Waals surface area contributed by atoms with Crippen LogP contribution in [0, 0.1) is 0 Å². The van der Waals surface area contributed by atoms with Crippen LogP contribution in [0.3, 0.4) is 0 Å². The summed E-state index contributed by atoms with van der Waals surface area (Å²) in [7, 11) is 4.05. The molecular weight excluding hydrogens is 536 g/mol. The Kier molecular flexibility index (Phi) is 9.99. The van der Waals surface area contributed by atoms with Gasteiger partial charge in [-0.15, -0.1) is 24.0 Å². The highest BCUT2D eigenvalue weighted by molar-refractivity contribution is 14.0. The van der Waals surface area contributed by atoms with E-state index in [1.54, 1.807) is 0 Å². The normalized spacial score (nSPS) is 15.1. The fourth-order valence-electron chi connectivity index (χ4n) is 3.30. The van der Waals surface area contributed by atoms with E-state index in [4.69, 9.17) is 28.2 Å². The Morgan fingerprint density at radius 2 is 1.90 bits per heavy atom. The molecule has 0 amide bonds. The van der Waals surface area contributed by atoms with Gasteiger partial charge in [0.25, 0.3) is 0 Å². The fourth-order valence-corrected chi connectivity index (χ4v) is 3.71. The van der Waals surface area contributed by atoms with Gasteiger partial charge in [0, 0.05) is 57.2 Å². The van der Waals surface area contributed by atoms with Crippen molar-refractivity contribution in [3.63, 3.8) is 0 Å². The molecule has 166 valence electrons. The van der Waals surface area contributed by atoms with E-state index in [0.29, 0.717) is 23.3 Å². The van der Waals surface area contributed by atoms with Gasteiger partial charge in [0.1, 0.15) is 11.0 Å². The first kappa shape index (κ1) is 25.0. The summed E-state index contributed by atoms with van der Waals surface area (Å²) in [5, 5.41) is 7.74. The predicted molar refractivity (Wildman–Crippen MR) is 136 cm³/mol. The van der Waals surface area contributed by atoms with Crippen LogP contribution in [0.1, 0.15) is 18.2 Å². The number of hydrogen-bond donors (Lipinski definition) is 2. The number of aliphatic imine (C=N–C) groups is 1. The maximum absolute atomic E-state index is 6.16. The average Bonchev–Trinajstić information content (AvgIpc) is 2.97. The van der Waals surface area contributed by atoms with Gasteiger partial charge in [0.05, 0.1) is 18.1 Å². The number of guanidine groups is 1. The molecule has 0 atom stereocenters. The molecule has 0 bridgehead atoms. The summed E-state index contributed by atoms with van der Waals surface area (Å²) in [4.78, 5) is 14.1. The monoisotopic (exact) mass is 565 g/mol. The molecule has 0 aliphatic carbocycles. The number of aromatic nitrogens is 2. The highest BCUT2D eigenvalue weighted by Gasteiger charge is 2.18. The molecule has 30 heavy (non-hydrogen) atoms. The van der Waals surface area contributed by atoms with Crippen LogP contribution in [-0.4, -0.2) is 60.2 Å². The second-order valence-electron chi connectivity index (χ2n) is 7.16. The number of nitrogens with one attached hydrogen (secondary N) is 2. The summed E-state index contributed by atoms with van der Waals surface area (Å²) in [5.41, 5.74) is 2.12. The molecule has 2 N–H and O–H groups in total. The minimum atomic E-state index is 0. The summed E-state index contributed by atoms with van der Waals surface area (Å²) in [6.45, 7) is 8.02. The number of hydrogen-bond acceptors (Lipinski definition) is 4. The van der Waals surface area contributed by atoms with Crippen molar-refractivity contribution in [2.75, 3.05) is 44.7 Å². The van der Waals surface area contributed by atoms with E-state index in [1.165, 1.54) is 0 Å². The topological polar surface area (TPSA) is 60.7 Å². The van der Waals surface area contributed by atoms with Crippen molar-refractivity contribution in [3.05, 3.63) is 45.8 Å². The van der Waals surface area contributed by atoms with Crippen LogP contribution in [0.15, 0.2) is 29.4 Å². The summed E-state index contributed by atoms with van der Waals surface area (Å²) in [6, 6.07) is 5.94. The summed E-state index contributed by atoms with van der Waals surface area (Å²) in [5.74, 6) is 1.77. The first-order valence-corrected chi connectivity index (χ1v) is 10.6. The quantitative estimate of drug-likeness (QED) is 0.319. The molecule has 1 saturated heterocycles. The molecule has 10 heteroatoms. The molecular formula is C20H30Cl2IN7. The van der Waals surface area contributed by atoms with Crippen molar-refractivity contribution in [1.82, 2.24) is 25.1 Å². The zero-order valence-corrected chi connectivity index (χ0v) is 21.5. The molecule has 0 unspecified atom stereocenters. The molecule has 1 fully saturated rings. The Bertz CT molecular complexity index is 848. The smallest absolute Gasteiger partial charge is 0.191 e. The van der Waals surface area contributed by atoms with Crippen molar-refractivity contribution in [1.29, 1.82) is 0 Å². The summed E-state index contributed by atoms with van der Waals surface area (Å²) < 4.78 is 1.87. The van der Waals surface area contributed by atoms with Gasteiger partial charge in [-0.1, -0.05) is 29.3 Å². The molecule has 3 rings (SSSR count). The standard InChI is InChI=1S/C20H29Cl2N7.HI/c1-4-23-20(26-14-16-12-17(21)18(22)28(16)3)25-13-15-6-5-7-24-19(15)29-10-8-27(2)9-11-29;/h5-7,12H,4,8-11,13-14H2,1-3H3,(H2,23,25,26);1H. The Morgan fingerprint density at radius 3 is 2.53 bits per heavy atom. The lowest BCUT2D eigenvalue weighted by Crippen LogP contribution is -2.45. The van der Waals surface area contributed by atoms with Crippen molar-refractivity contribution in [3.8, 4) is 0 Å². The first-order valence-electron chi connectivity index (χ1n) is 9.88. The van der Waals surface area contributed by atoms with Gasteiger partial charge in [-0.25, -0.2) is 9.98 Å². The van der Waals surface area contributed by atoms with Gasteiger partial charge in [0.15, 0.2) is 5.96 Å². The molecule has 1 aliphatic rings. The van der Waals surface area contributed by atoms with Gasteiger partial charge in [-0.05, 0) is 26.1 Å². The number of likely N-dealkylation sites (N-methyl/N-ethyl adjacent to an activating group) is 1. The Hall–Kier alpha value is -1.23. The predicted octanol–water partition coefficient (Wildman–Crippen LogP) is 3.35. The molecule has 1 aliphatic heterocycles. The van der Waals surface area contributed by atoms with Crippen LogP contribution in [0.4, 0.5) is 5.82 Å². The number of anilines is 1. The molecule has 0 aromatic carbocycles. The lowest BCUT2D eigenvalue weighted by atomic mass is 10.2. The molecule has 7 nitrogen and oxygen atoms in total. The lowest BCUT2D eigenvalue weighted by Gasteiger charge is -2.34. The van der Waals surface area contributed by atoms with E-state index < -0.39 is 0 Å². The van der Waals surface area contributed by atoms with Crippen LogP contribution >= 0.6 is 47.2 Å². The van der Waals surface area contributed by atoms with E-state index in [2.05, 4.69) is 38.5 Å². The van der Waals surface area contributed by atoms with E-state index >= 15 is 0 Å². The van der Waals surface area contributed by atoms with Crippen LogP contribution in [-0.2, 0) is 20.1 Å². The van der Waals surface area contributed by atoms with Crippen molar-refractivity contribution in [2.45, 2.75) is 20.0 Å². The molecule has 2 aromatic heterocycles. The van der Waals surface area contributed by atoms with Crippen LogP contribution in [0.2, 0.25) is 10.2 Å². The first-order chi connectivity index (χ1) is 14.0. The minimum absolute atomic E-state index is 0. The van der Waals surface area contributed by atoms with Gasteiger partial charge in [-0.2, -0.15) is 0 Å². The second kappa shape index (κ2) is 12.0. The van der Waals surface area contributed by atoms with Crippen LogP contribution < -0.4 is 15.5 Å². The minimum Gasteiger partial charge on any atom is -0.357 e. The molecule has 3 heterocycles. The van der Waals surface area contributed by atoms with Crippen LogP contribution in [0.5, 0.6) is 0 Å². The number of pyridine rings is 1. The largest absolute Gasteiger partial charge is 0.357 e. The summed E-state index contributed by atoms with van der Waals surface area (Å²) in [6.07, 6.45) is 1.85. The van der Waals surface area contributed by atoms with E-state index in [-0.39, 0.29) is 24.0 Å². The maximum Gasteiger partial charge on any atom is 0.191 e. The molecule has 0 spiro atoms. The van der Waals surface area contributed by atoms with Gasteiger partial charge in [-0.3, -0.25) is 0 Å². The molecule has 0 radical (unpaired) electrons. The number of piperazine rings is 1. The maximum atomic E-state index is 6.16. The van der Waals surface area contributed by atoms with Crippen molar-refractivity contribution in [2.24, 2.45) is 12.0 Å². The number of nitrogens with zero attached hydrogens (tertiary/aromatic N) is 5. The summed E-state index contributed by atoms with van der Waals surface area (Å²) >= 11 is 12.3. The third-order valence-corrected chi connectivity index (χ3v) is 5.92. The number of rotatable bonds is 6. The third kappa shape index (κ3) is 6.38. The highest BCUT2D eigenvalue weighted by Crippen LogP contribution is 2.25. The van der Waals surface area contributed by atoms with Gasteiger partial charge >= 0.3 is 0 Å². The average molecular weight is 566 g/mol. The van der Waals surface area contributed by atoms with E-state index in [1.807, 2.05) is 36.9 Å². The highest BCUT2D eigenvalue weighted by atomic mass is 127. The second-order valence-corrected chi connectivity index (χ2v) is 7.92. The van der Waals surface area contributed by atoms with Gasteiger partial charge in [0.2, 0.25) is 0 Å². The Labute approximate surface area is 205 Å². The zero-order valence-electron chi connectivity index (χ0n) is 17.7. The van der Waals surface area contributed by atoms with Gasteiger partial charge < -0.3 is 25.0 Å². The fraction of sp³-hybridized carbons (Fsp3) is 0.500. The lowest BCUT2D eigenvalue weighted by molar-refractivity contribution is 0.312. The molecule has 0 saturated carbocycles. The molecule has 2 aromatic rings. The van der Waals surface area contributed by atoms with Crippen molar-refractivity contribution < 1.29 is 0 Å².